The van der Waals surface area contributed by atoms with Crippen molar-refractivity contribution in [2.75, 3.05) is 6.61 Å². The molecule has 0 unspecified atom stereocenters. The maximum absolute atomic E-state index is 12.9. The molecule has 0 bridgehead atoms. The number of nitro benzene ring substituents is 1. The van der Waals surface area contributed by atoms with E-state index >= 15 is 0 Å². The summed E-state index contributed by atoms with van der Waals surface area (Å²) in [5.41, 5.74) is 0.430. The standard InChI is InChI=1S/C24H22N2O7/c1-2-33-21(27)14-20(16-9-11-19(12-10-16)26(31)32)22(24(29)30)25-23(28)18-8-7-15-5-3-4-6-17(15)13-18/h3-13,20,22H,2,14H2,1H3,(H,25,28)(H,29,30)/t20-,22-/m1/s1. The summed E-state index contributed by atoms with van der Waals surface area (Å²) in [6.07, 6.45) is -0.333. The fourth-order valence-corrected chi connectivity index (χ4v) is 3.56. The molecule has 3 aromatic carbocycles. The molecule has 2 N–H and O–H groups in total. The summed E-state index contributed by atoms with van der Waals surface area (Å²) in [5.74, 6) is -3.63. The van der Waals surface area contributed by atoms with Gasteiger partial charge in [-0.15, -0.1) is 0 Å². The number of ether oxygens (including phenoxy) is 1. The third-order valence-corrected chi connectivity index (χ3v) is 5.19. The molecule has 0 fully saturated rings. The number of fused-ring (bicyclic) bond motifs is 1. The predicted molar refractivity (Wildman–Crippen MR) is 120 cm³/mol. The molecule has 0 aliphatic carbocycles. The van der Waals surface area contributed by atoms with Gasteiger partial charge in [0.25, 0.3) is 11.6 Å². The summed E-state index contributed by atoms with van der Waals surface area (Å²) in [6.45, 7) is 1.72. The molecule has 33 heavy (non-hydrogen) atoms. The molecule has 0 spiro atoms. The Balaban J connectivity index is 1.92. The minimum atomic E-state index is -1.48. The van der Waals surface area contributed by atoms with E-state index in [0.29, 0.717) is 5.56 Å². The SMILES string of the molecule is CCOC(=O)C[C@H](c1ccc([N+](=O)[O-])cc1)[C@@H](NC(=O)c1ccc2ccccc2c1)C(=O)O. The van der Waals surface area contributed by atoms with Crippen LogP contribution in [0.15, 0.2) is 66.7 Å². The van der Waals surface area contributed by atoms with E-state index in [1.165, 1.54) is 24.3 Å². The van der Waals surface area contributed by atoms with E-state index < -0.39 is 34.7 Å². The Kier molecular flexibility index (Phi) is 7.34. The molecule has 0 radical (unpaired) electrons. The van der Waals surface area contributed by atoms with Crippen molar-refractivity contribution in [2.45, 2.75) is 25.3 Å². The smallest absolute Gasteiger partial charge is 0.326 e. The second-order valence-corrected chi connectivity index (χ2v) is 7.32. The van der Waals surface area contributed by atoms with Gasteiger partial charge in [-0.2, -0.15) is 0 Å². The largest absolute Gasteiger partial charge is 0.480 e. The summed E-state index contributed by atoms with van der Waals surface area (Å²) in [5, 5.41) is 25.1. The minimum absolute atomic E-state index is 0.104. The molecular weight excluding hydrogens is 428 g/mol. The molecule has 3 aromatic rings. The number of benzene rings is 3. The maximum atomic E-state index is 12.9. The van der Waals surface area contributed by atoms with Crippen LogP contribution in [0.25, 0.3) is 10.8 Å². The van der Waals surface area contributed by atoms with Gasteiger partial charge in [0, 0.05) is 23.6 Å². The molecule has 2 atom stereocenters. The Morgan fingerprint density at radius 1 is 1.03 bits per heavy atom. The zero-order valence-electron chi connectivity index (χ0n) is 17.8. The van der Waals surface area contributed by atoms with E-state index in [-0.39, 0.29) is 24.3 Å². The van der Waals surface area contributed by atoms with Crippen LogP contribution in [0.5, 0.6) is 0 Å². The quantitative estimate of drug-likeness (QED) is 0.288. The molecule has 0 aliphatic rings. The van der Waals surface area contributed by atoms with E-state index in [0.717, 1.165) is 10.8 Å². The van der Waals surface area contributed by atoms with E-state index in [1.54, 1.807) is 25.1 Å². The Labute approximate surface area is 189 Å². The fourth-order valence-electron chi connectivity index (χ4n) is 3.56. The number of hydrogen-bond acceptors (Lipinski definition) is 6. The van der Waals surface area contributed by atoms with Crippen molar-refractivity contribution in [1.82, 2.24) is 5.32 Å². The molecule has 0 saturated heterocycles. The third-order valence-electron chi connectivity index (χ3n) is 5.19. The van der Waals surface area contributed by atoms with Gasteiger partial charge in [-0.25, -0.2) is 4.79 Å². The topological polar surface area (TPSA) is 136 Å². The lowest BCUT2D eigenvalue weighted by Gasteiger charge is -2.25. The van der Waals surface area contributed by atoms with Gasteiger partial charge in [-0.3, -0.25) is 19.7 Å². The Morgan fingerprint density at radius 3 is 2.30 bits per heavy atom. The first-order chi connectivity index (χ1) is 15.8. The highest BCUT2D eigenvalue weighted by Crippen LogP contribution is 2.27. The molecule has 0 heterocycles. The van der Waals surface area contributed by atoms with Crippen molar-refractivity contribution in [3.63, 3.8) is 0 Å². The number of nitro groups is 1. The number of carboxylic acid groups (broad SMARTS) is 1. The van der Waals surface area contributed by atoms with Crippen molar-refractivity contribution in [1.29, 1.82) is 0 Å². The molecular formula is C24H22N2O7. The van der Waals surface area contributed by atoms with Crippen LogP contribution in [0, 0.1) is 10.1 Å². The number of amides is 1. The summed E-state index contributed by atoms with van der Waals surface area (Å²) >= 11 is 0. The Hall–Kier alpha value is -4.27. The van der Waals surface area contributed by atoms with Crippen molar-refractivity contribution in [3.05, 3.63) is 88.0 Å². The highest BCUT2D eigenvalue weighted by molar-refractivity contribution is 6.00. The summed E-state index contributed by atoms with van der Waals surface area (Å²) < 4.78 is 4.97. The maximum Gasteiger partial charge on any atom is 0.326 e. The molecule has 9 nitrogen and oxygen atoms in total. The average molecular weight is 450 g/mol. The second kappa shape index (κ2) is 10.4. The van der Waals surface area contributed by atoms with Gasteiger partial charge in [0.1, 0.15) is 6.04 Å². The van der Waals surface area contributed by atoms with Crippen molar-refractivity contribution in [3.8, 4) is 0 Å². The number of carbonyl (C=O) groups is 3. The van der Waals surface area contributed by atoms with Gasteiger partial charge < -0.3 is 15.2 Å². The number of nitrogens with one attached hydrogen (secondary N) is 1. The monoisotopic (exact) mass is 450 g/mol. The average Bonchev–Trinajstić information content (AvgIpc) is 2.81. The van der Waals surface area contributed by atoms with Gasteiger partial charge >= 0.3 is 11.9 Å². The summed E-state index contributed by atoms with van der Waals surface area (Å²) in [4.78, 5) is 47.6. The van der Waals surface area contributed by atoms with Gasteiger partial charge in [-0.05, 0) is 35.4 Å². The third kappa shape index (κ3) is 5.70. The number of aliphatic carboxylic acids is 1. The van der Waals surface area contributed by atoms with Gasteiger partial charge in [-0.1, -0.05) is 42.5 Å². The van der Waals surface area contributed by atoms with Crippen molar-refractivity contribution in [2.24, 2.45) is 0 Å². The molecule has 170 valence electrons. The first-order valence-corrected chi connectivity index (χ1v) is 10.2. The van der Waals surface area contributed by atoms with Crippen molar-refractivity contribution < 1.29 is 29.2 Å². The van der Waals surface area contributed by atoms with Crippen LogP contribution in [0.3, 0.4) is 0 Å². The first-order valence-electron chi connectivity index (χ1n) is 10.2. The summed E-state index contributed by atoms with van der Waals surface area (Å²) in [7, 11) is 0. The molecule has 3 rings (SSSR count). The lowest BCUT2D eigenvalue weighted by molar-refractivity contribution is -0.384. The van der Waals surface area contributed by atoms with Crippen LogP contribution in [0.2, 0.25) is 0 Å². The Morgan fingerprint density at radius 2 is 1.70 bits per heavy atom. The van der Waals surface area contributed by atoms with E-state index in [9.17, 15) is 29.6 Å². The molecule has 0 aromatic heterocycles. The zero-order valence-corrected chi connectivity index (χ0v) is 17.8. The van der Waals surface area contributed by atoms with Crippen LogP contribution in [-0.4, -0.2) is 40.5 Å². The number of carboxylic acids is 1. The molecule has 1 amide bonds. The van der Waals surface area contributed by atoms with Crippen LogP contribution in [-0.2, 0) is 14.3 Å². The lowest BCUT2D eigenvalue weighted by atomic mass is 9.88. The first kappa shape index (κ1) is 23.4. The highest BCUT2D eigenvalue weighted by Gasteiger charge is 2.33. The fraction of sp³-hybridized carbons (Fsp3) is 0.208. The number of non-ortho nitro benzene ring substituents is 1. The number of esters is 1. The lowest BCUT2D eigenvalue weighted by Crippen LogP contribution is -2.45. The highest BCUT2D eigenvalue weighted by atomic mass is 16.6. The number of nitrogens with zero attached hydrogens (tertiary/aromatic N) is 1. The number of hydrogen-bond donors (Lipinski definition) is 2. The van der Waals surface area contributed by atoms with Crippen LogP contribution >= 0.6 is 0 Å². The second-order valence-electron chi connectivity index (χ2n) is 7.32. The molecule has 9 heteroatoms. The minimum Gasteiger partial charge on any atom is -0.480 e. The van der Waals surface area contributed by atoms with E-state index in [2.05, 4.69) is 5.32 Å². The zero-order chi connectivity index (χ0) is 24.0. The molecule has 0 aliphatic heterocycles. The summed E-state index contributed by atoms with van der Waals surface area (Å²) in [6, 6.07) is 16.1. The molecule has 0 saturated carbocycles. The van der Waals surface area contributed by atoms with Crippen LogP contribution < -0.4 is 5.32 Å². The van der Waals surface area contributed by atoms with Crippen molar-refractivity contribution >= 4 is 34.3 Å². The normalized spacial score (nSPS) is 12.5. The van der Waals surface area contributed by atoms with Crippen LogP contribution in [0.1, 0.15) is 35.2 Å². The van der Waals surface area contributed by atoms with Gasteiger partial charge in [0.2, 0.25) is 0 Å². The van der Waals surface area contributed by atoms with E-state index in [4.69, 9.17) is 4.74 Å². The van der Waals surface area contributed by atoms with E-state index in [1.807, 2.05) is 24.3 Å². The van der Waals surface area contributed by atoms with Gasteiger partial charge in [0.15, 0.2) is 0 Å². The van der Waals surface area contributed by atoms with Gasteiger partial charge in [0.05, 0.1) is 18.0 Å². The Bertz CT molecular complexity index is 1190. The predicted octanol–water partition coefficient (Wildman–Crippen LogP) is 3.67. The van der Waals surface area contributed by atoms with Crippen LogP contribution in [0.4, 0.5) is 5.69 Å². The number of rotatable bonds is 9. The number of carbonyl (C=O) groups excluding carboxylic acids is 2.